The van der Waals surface area contributed by atoms with Gasteiger partial charge in [0, 0.05) is 6.54 Å². The molecule has 0 saturated heterocycles. The fraction of sp³-hybridized carbons (Fsp3) is 0.500. The van der Waals surface area contributed by atoms with E-state index in [1.807, 2.05) is 0 Å². The normalized spacial score (nSPS) is 21.2. The maximum absolute atomic E-state index is 13.0. The van der Waals surface area contributed by atoms with Crippen molar-refractivity contribution in [3.8, 4) is 0 Å². The lowest BCUT2D eigenvalue weighted by Gasteiger charge is -2.38. The van der Waals surface area contributed by atoms with Crippen molar-refractivity contribution in [3.63, 3.8) is 0 Å². The summed E-state index contributed by atoms with van der Waals surface area (Å²) in [5, 5.41) is 12.1. The molecular formula is C16H18FNO3. The van der Waals surface area contributed by atoms with E-state index >= 15 is 0 Å². The Morgan fingerprint density at radius 1 is 1.14 bits per heavy atom. The molecule has 112 valence electrons. The van der Waals surface area contributed by atoms with Gasteiger partial charge in [-0.25, -0.2) is 4.39 Å². The highest BCUT2D eigenvalue weighted by Gasteiger charge is 2.52. The summed E-state index contributed by atoms with van der Waals surface area (Å²) in [5.41, 5.74) is -0.564. The highest BCUT2D eigenvalue weighted by atomic mass is 19.1. The summed E-state index contributed by atoms with van der Waals surface area (Å²) in [6.07, 6.45) is 3.58. The molecule has 0 atom stereocenters. The van der Waals surface area contributed by atoms with E-state index in [1.165, 1.54) is 12.1 Å². The minimum Gasteiger partial charge on any atom is -0.481 e. The fourth-order valence-electron chi connectivity index (χ4n) is 3.03. The predicted molar refractivity (Wildman–Crippen MR) is 74.2 cm³/mol. The molecule has 0 heterocycles. The average molecular weight is 291 g/mol. The molecule has 0 radical (unpaired) electrons. The van der Waals surface area contributed by atoms with Crippen LogP contribution < -0.4 is 5.32 Å². The summed E-state index contributed by atoms with van der Waals surface area (Å²) in [7, 11) is 0. The molecule has 0 bridgehead atoms. The summed E-state index contributed by atoms with van der Waals surface area (Å²) in [4.78, 5) is 23.7. The third-order valence-corrected chi connectivity index (χ3v) is 4.93. The third-order valence-electron chi connectivity index (χ3n) is 4.93. The number of carbonyl (C=O) groups is 2. The second-order valence-electron chi connectivity index (χ2n) is 6.21. The summed E-state index contributed by atoms with van der Waals surface area (Å²) in [6.45, 7) is 0.185. The van der Waals surface area contributed by atoms with Crippen molar-refractivity contribution < 1.29 is 19.1 Å². The van der Waals surface area contributed by atoms with E-state index < -0.39 is 16.8 Å². The van der Waals surface area contributed by atoms with Crippen LogP contribution in [0, 0.1) is 11.2 Å². The minimum absolute atomic E-state index is 0.137. The van der Waals surface area contributed by atoms with Crippen molar-refractivity contribution in [2.75, 3.05) is 6.54 Å². The summed E-state index contributed by atoms with van der Waals surface area (Å²) < 4.78 is 13.0. The van der Waals surface area contributed by atoms with Crippen LogP contribution in [0.2, 0.25) is 0 Å². The van der Waals surface area contributed by atoms with Gasteiger partial charge in [-0.2, -0.15) is 0 Å². The van der Waals surface area contributed by atoms with Crippen LogP contribution in [0.15, 0.2) is 24.3 Å². The zero-order valence-corrected chi connectivity index (χ0v) is 11.7. The summed E-state index contributed by atoms with van der Waals surface area (Å²) in [5.74, 6) is -1.29. The zero-order valence-electron chi connectivity index (χ0n) is 11.7. The number of amides is 1. The van der Waals surface area contributed by atoms with Crippen LogP contribution in [0.1, 0.15) is 37.7 Å². The van der Waals surface area contributed by atoms with E-state index in [0.29, 0.717) is 12.8 Å². The lowest BCUT2D eigenvalue weighted by atomic mass is 9.68. The maximum atomic E-state index is 13.0. The third kappa shape index (κ3) is 2.30. The molecule has 2 aliphatic rings. The number of nitrogens with one attached hydrogen (secondary N) is 1. The van der Waals surface area contributed by atoms with Gasteiger partial charge >= 0.3 is 5.97 Å². The average Bonchev–Trinajstić information content (AvgIpc) is 3.19. The number of hydrogen-bond acceptors (Lipinski definition) is 2. The lowest BCUT2D eigenvalue weighted by molar-refractivity contribution is -0.154. The van der Waals surface area contributed by atoms with Gasteiger partial charge in [-0.15, -0.1) is 0 Å². The van der Waals surface area contributed by atoms with Crippen LogP contribution in [0.5, 0.6) is 0 Å². The number of benzene rings is 1. The van der Waals surface area contributed by atoms with E-state index in [2.05, 4.69) is 5.32 Å². The van der Waals surface area contributed by atoms with Crippen molar-refractivity contribution >= 4 is 11.9 Å². The highest BCUT2D eigenvalue weighted by Crippen LogP contribution is 2.49. The molecule has 2 saturated carbocycles. The Kier molecular flexibility index (Phi) is 3.23. The number of carbonyl (C=O) groups excluding carboxylic acids is 1. The van der Waals surface area contributed by atoms with Gasteiger partial charge in [0.25, 0.3) is 0 Å². The van der Waals surface area contributed by atoms with Gasteiger partial charge < -0.3 is 10.4 Å². The number of carboxylic acid groups (broad SMARTS) is 1. The Morgan fingerprint density at radius 2 is 1.76 bits per heavy atom. The van der Waals surface area contributed by atoms with Crippen LogP contribution in [-0.2, 0) is 15.0 Å². The van der Waals surface area contributed by atoms with Gasteiger partial charge in [0.1, 0.15) is 5.82 Å². The molecule has 0 spiro atoms. The molecule has 21 heavy (non-hydrogen) atoms. The molecule has 0 unspecified atom stereocenters. The maximum Gasteiger partial charge on any atom is 0.311 e. The Bertz CT molecular complexity index is 574. The predicted octanol–water partition coefficient (Wildman–Crippen LogP) is 2.23. The molecule has 2 N–H and O–H groups in total. The molecule has 2 aliphatic carbocycles. The molecule has 2 fully saturated rings. The quantitative estimate of drug-likeness (QED) is 0.874. The van der Waals surface area contributed by atoms with E-state index in [1.54, 1.807) is 12.1 Å². The number of rotatable bonds is 5. The molecule has 1 aromatic rings. The number of halogens is 1. The van der Waals surface area contributed by atoms with Gasteiger partial charge in [0.15, 0.2) is 0 Å². The number of hydrogen-bond donors (Lipinski definition) is 2. The van der Waals surface area contributed by atoms with Gasteiger partial charge in [0.05, 0.1) is 10.8 Å². The molecule has 0 aliphatic heterocycles. The van der Waals surface area contributed by atoms with E-state index in [0.717, 1.165) is 24.8 Å². The molecule has 0 aromatic heterocycles. The second-order valence-corrected chi connectivity index (χ2v) is 6.21. The monoisotopic (exact) mass is 291 g/mol. The van der Waals surface area contributed by atoms with Gasteiger partial charge in [-0.1, -0.05) is 18.6 Å². The molecule has 1 amide bonds. The molecular weight excluding hydrogens is 273 g/mol. The van der Waals surface area contributed by atoms with Crippen LogP contribution in [0.4, 0.5) is 4.39 Å². The largest absolute Gasteiger partial charge is 0.481 e. The summed E-state index contributed by atoms with van der Waals surface area (Å²) in [6, 6.07) is 5.98. The summed E-state index contributed by atoms with van der Waals surface area (Å²) >= 11 is 0. The van der Waals surface area contributed by atoms with Crippen molar-refractivity contribution in [1.82, 2.24) is 5.32 Å². The Hall–Kier alpha value is -1.91. The van der Waals surface area contributed by atoms with Crippen molar-refractivity contribution in [2.24, 2.45) is 5.41 Å². The van der Waals surface area contributed by atoms with Crippen LogP contribution in [0.3, 0.4) is 0 Å². The first-order valence-corrected chi connectivity index (χ1v) is 7.26. The first-order chi connectivity index (χ1) is 9.98. The zero-order chi connectivity index (χ0) is 15.1. The Balaban J connectivity index is 1.68. The molecule has 1 aromatic carbocycles. The van der Waals surface area contributed by atoms with Gasteiger partial charge in [-0.05, 0) is 43.4 Å². The van der Waals surface area contributed by atoms with Crippen molar-refractivity contribution in [2.45, 2.75) is 37.5 Å². The topological polar surface area (TPSA) is 66.4 Å². The van der Waals surface area contributed by atoms with Crippen molar-refractivity contribution in [1.29, 1.82) is 0 Å². The van der Waals surface area contributed by atoms with Crippen LogP contribution in [0.25, 0.3) is 0 Å². The first-order valence-electron chi connectivity index (χ1n) is 7.26. The van der Waals surface area contributed by atoms with Crippen molar-refractivity contribution in [3.05, 3.63) is 35.6 Å². The highest BCUT2D eigenvalue weighted by molar-refractivity contribution is 5.91. The van der Waals surface area contributed by atoms with E-state index in [4.69, 9.17) is 0 Å². The smallest absolute Gasteiger partial charge is 0.311 e. The van der Waals surface area contributed by atoms with Gasteiger partial charge in [-0.3, -0.25) is 9.59 Å². The second kappa shape index (κ2) is 4.83. The number of carboxylic acids is 1. The molecule has 4 nitrogen and oxygen atoms in total. The number of aliphatic carboxylic acids is 1. The van der Waals surface area contributed by atoms with E-state index in [-0.39, 0.29) is 18.3 Å². The standard InChI is InChI=1S/C16H18FNO3/c17-12-4-2-11(3-5-12)16(8-9-16)13(19)18-10-15(14(20)21)6-1-7-15/h2-5H,1,6-10H2,(H,18,19)(H,20,21). The Morgan fingerprint density at radius 3 is 2.19 bits per heavy atom. The van der Waals surface area contributed by atoms with E-state index in [9.17, 15) is 19.1 Å². The SMILES string of the molecule is O=C(O)C1(CNC(=O)C2(c3ccc(F)cc3)CC2)CCC1. The molecule has 3 rings (SSSR count). The van der Waals surface area contributed by atoms with Crippen LogP contribution >= 0.6 is 0 Å². The first kappa shape index (κ1) is 14.0. The minimum atomic E-state index is -0.833. The van der Waals surface area contributed by atoms with Gasteiger partial charge in [0.2, 0.25) is 5.91 Å². The molecule has 5 heteroatoms. The Labute approximate surface area is 122 Å². The lowest BCUT2D eigenvalue weighted by Crippen LogP contribution is -2.49. The fourth-order valence-corrected chi connectivity index (χ4v) is 3.03. The van der Waals surface area contributed by atoms with Crippen LogP contribution in [-0.4, -0.2) is 23.5 Å².